The number of ether oxygens (including phenoxy) is 1. The third-order valence-corrected chi connectivity index (χ3v) is 10.1. The number of aliphatic hydroxyl groups is 1. The maximum Gasteiger partial charge on any atom is 0.261 e. The molecular weight excluding hydrogens is 352 g/mol. The van der Waals surface area contributed by atoms with Crippen molar-refractivity contribution >= 4 is 18.7 Å². The first-order valence-electron chi connectivity index (χ1n) is 9.45. The minimum atomic E-state index is -2.55. The lowest BCUT2D eigenvalue weighted by atomic mass is 10.1. The maximum atomic E-state index is 10.4. The molecule has 2 atom stereocenters. The van der Waals surface area contributed by atoms with E-state index in [2.05, 4.69) is 75.9 Å². The molecule has 0 amide bonds. The lowest BCUT2D eigenvalue weighted by Gasteiger charge is -2.43. The van der Waals surface area contributed by atoms with Crippen LogP contribution in [0.5, 0.6) is 0 Å². The molecular formula is C23H32O3Si. The second-order valence-corrected chi connectivity index (χ2v) is 12.1. The molecule has 2 aromatic carbocycles. The van der Waals surface area contributed by atoms with Crippen molar-refractivity contribution in [1.29, 1.82) is 0 Å². The summed E-state index contributed by atoms with van der Waals surface area (Å²) in [6.07, 6.45) is 1.11. The number of rotatable bonds is 9. The molecule has 2 rings (SSSR count). The lowest BCUT2D eigenvalue weighted by molar-refractivity contribution is 0.00586. The van der Waals surface area contributed by atoms with E-state index in [4.69, 9.17) is 9.16 Å². The van der Waals surface area contributed by atoms with Crippen molar-refractivity contribution in [3.05, 3.63) is 73.3 Å². The van der Waals surface area contributed by atoms with E-state index in [0.29, 0.717) is 13.0 Å². The maximum absolute atomic E-state index is 10.4. The molecule has 0 aliphatic heterocycles. The van der Waals surface area contributed by atoms with Gasteiger partial charge in [-0.1, -0.05) is 87.5 Å². The molecule has 0 saturated heterocycles. The zero-order chi connectivity index (χ0) is 19.9. The molecule has 0 spiro atoms. The number of hydrogen-bond donors (Lipinski definition) is 1. The second kappa shape index (κ2) is 9.47. The first-order chi connectivity index (χ1) is 12.9. The molecule has 0 bridgehead atoms. The van der Waals surface area contributed by atoms with Crippen LogP contribution >= 0.6 is 0 Å². The van der Waals surface area contributed by atoms with Crippen molar-refractivity contribution in [3.8, 4) is 0 Å². The molecule has 0 unspecified atom stereocenters. The van der Waals surface area contributed by atoms with Gasteiger partial charge in [0.25, 0.3) is 8.32 Å². The smallest absolute Gasteiger partial charge is 0.261 e. The largest absolute Gasteiger partial charge is 0.407 e. The summed E-state index contributed by atoms with van der Waals surface area (Å²) in [7, 11) is -0.967. The van der Waals surface area contributed by atoms with Crippen molar-refractivity contribution in [2.45, 2.75) is 44.4 Å². The van der Waals surface area contributed by atoms with Gasteiger partial charge in [0.2, 0.25) is 0 Å². The highest BCUT2D eigenvalue weighted by atomic mass is 28.4. The second-order valence-electron chi connectivity index (χ2n) is 7.80. The summed E-state index contributed by atoms with van der Waals surface area (Å²) in [6.45, 7) is 10.9. The third-order valence-electron chi connectivity index (χ3n) is 5.03. The molecule has 0 fully saturated rings. The summed E-state index contributed by atoms with van der Waals surface area (Å²) < 4.78 is 12.0. The van der Waals surface area contributed by atoms with Crippen LogP contribution in [0.3, 0.4) is 0 Å². The van der Waals surface area contributed by atoms with E-state index in [1.54, 1.807) is 13.2 Å². The highest BCUT2D eigenvalue weighted by molar-refractivity contribution is 6.99. The van der Waals surface area contributed by atoms with Gasteiger partial charge in [0, 0.05) is 13.7 Å². The van der Waals surface area contributed by atoms with Crippen molar-refractivity contribution in [2.24, 2.45) is 0 Å². The van der Waals surface area contributed by atoms with E-state index in [1.165, 1.54) is 10.4 Å². The number of benzene rings is 2. The SMILES string of the molecule is C=C[C@H](OC)[C@@H](O)CCO[Si](c1ccccc1)(c1ccccc1)C(C)(C)C. The zero-order valence-electron chi connectivity index (χ0n) is 16.9. The highest BCUT2D eigenvalue weighted by Gasteiger charge is 2.50. The Kier molecular flexibility index (Phi) is 7.56. The van der Waals surface area contributed by atoms with Gasteiger partial charge >= 0.3 is 0 Å². The average Bonchev–Trinajstić information content (AvgIpc) is 2.66. The molecule has 0 radical (unpaired) electrons. The first-order valence-corrected chi connectivity index (χ1v) is 11.4. The highest BCUT2D eigenvalue weighted by Crippen LogP contribution is 2.36. The number of methoxy groups -OCH3 is 1. The van der Waals surface area contributed by atoms with Gasteiger partial charge in [-0.2, -0.15) is 0 Å². The van der Waals surface area contributed by atoms with E-state index in [1.807, 2.05) is 12.1 Å². The van der Waals surface area contributed by atoms with Gasteiger partial charge < -0.3 is 14.3 Å². The minimum Gasteiger partial charge on any atom is -0.407 e. The molecule has 27 heavy (non-hydrogen) atoms. The van der Waals surface area contributed by atoms with Gasteiger partial charge in [-0.3, -0.25) is 0 Å². The van der Waals surface area contributed by atoms with Crippen LogP contribution in [-0.2, 0) is 9.16 Å². The van der Waals surface area contributed by atoms with E-state index in [0.717, 1.165) is 0 Å². The lowest BCUT2D eigenvalue weighted by Crippen LogP contribution is -2.66. The van der Waals surface area contributed by atoms with Crippen LogP contribution in [0.15, 0.2) is 73.3 Å². The fourth-order valence-electron chi connectivity index (χ4n) is 3.67. The third kappa shape index (κ3) is 4.77. The van der Waals surface area contributed by atoms with Gasteiger partial charge in [-0.25, -0.2) is 0 Å². The summed E-state index contributed by atoms with van der Waals surface area (Å²) in [4.78, 5) is 0. The summed E-state index contributed by atoms with van der Waals surface area (Å²) in [5.74, 6) is 0. The molecule has 0 aliphatic carbocycles. The van der Waals surface area contributed by atoms with Gasteiger partial charge in [0.15, 0.2) is 0 Å². The molecule has 0 saturated carbocycles. The van der Waals surface area contributed by atoms with Crippen LogP contribution < -0.4 is 10.4 Å². The van der Waals surface area contributed by atoms with E-state index in [9.17, 15) is 5.11 Å². The van der Waals surface area contributed by atoms with Crippen LogP contribution in [0.2, 0.25) is 5.04 Å². The number of aliphatic hydroxyl groups excluding tert-OH is 1. The van der Waals surface area contributed by atoms with Crippen LogP contribution in [0.1, 0.15) is 27.2 Å². The first kappa shape index (κ1) is 21.6. The molecule has 146 valence electrons. The van der Waals surface area contributed by atoms with Gasteiger partial charge in [-0.05, 0) is 21.8 Å². The molecule has 0 aromatic heterocycles. The predicted octanol–water partition coefficient (Wildman–Crippen LogP) is 3.52. The normalized spacial score (nSPS) is 14.6. The van der Waals surface area contributed by atoms with E-state index in [-0.39, 0.29) is 11.1 Å². The van der Waals surface area contributed by atoms with Crippen LogP contribution in [-0.4, -0.2) is 39.3 Å². The van der Waals surface area contributed by atoms with E-state index < -0.39 is 14.4 Å². The van der Waals surface area contributed by atoms with E-state index >= 15 is 0 Å². The fraction of sp³-hybridized carbons (Fsp3) is 0.391. The monoisotopic (exact) mass is 384 g/mol. The molecule has 2 aromatic rings. The molecule has 0 heterocycles. The van der Waals surface area contributed by atoms with Crippen molar-refractivity contribution in [2.75, 3.05) is 13.7 Å². The Morgan fingerprint density at radius 2 is 1.48 bits per heavy atom. The standard InChI is InChI=1S/C23H32O3Si/c1-6-22(25-5)21(24)17-18-26-27(23(2,3)4,19-13-9-7-10-14-19)20-15-11-8-12-16-20/h6-16,21-22,24H,1,17-18H2,2-5H3/t21-,22-/m0/s1. The summed E-state index contributed by atoms with van der Waals surface area (Å²) in [6, 6.07) is 21.0. The Morgan fingerprint density at radius 3 is 1.85 bits per heavy atom. The summed E-state index contributed by atoms with van der Waals surface area (Å²) in [5.41, 5.74) is 0. The summed E-state index contributed by atoms with van der Waals surface area (Å²) in [5, 5.41) is 12.8. The average molecular weight is 385 g/mol. The van der Waals surface area contributed by atoms with Gasteiger partial charge in [0.05, 0.1) is 6.10 Å². The Labute approximate surface area is 164 Å². The molecule has 1 N–H and O–H groups in total. The van der Waals surface area contributed by atoms with Crippen LogP contribution in [0, 0.1) is 0 Å². The van der Waals surface area contributed by atoms with Crippen LogP contribution in [0.4, 0.5) is 0 Å². The predicted molar refractivity (Wildman–Crippen MR) is 115 cm³/mol. The van der Waals surface area contributed by atoms with Crippen molar-refractivity contribution < 1.29 is 14.3 Å². The molecule has 0 aliphatic rings. The zero-order valence-corrected chi connectivity index (χ0v) is 17.9. The molecule has 4 heteroatoms. The quantitative estimate of drug-likeness (QED) is 0.531. The van der Waals surface area contributed by atoms with Crippen molar-refractivity contribution in [3.63, 3.8) is 0 Å². The van der Waals surface area contributed by atoms with Crippen molar-refractivity contribution in [1.82, 2.24) is 0 Å². The topological polar surface area (TPSA) is 38.7 Å². The number of hydrogen-bond acceptors (Lipinski definition) is 3. The van der Waals surface area contributed by atoms with Gasteiger partial charge in [0.1, 0.15) is 6.10 Å². The van der Waals surface area contributed by atoms with Crippen LogP contribution in [0.25, 0.3) is 0 Å². The Balaban J connectivity index is 2.39. The summed E-state index contributed by atoms with van der Waals surface area (Å²) >= 11 is 0. The minimum absolute atomic E-state index is 0.0697. The Bertz CT molecular complexity index is 655. The van der Waals surface area contributed by atoms with Gasteiger partial charge in [-0.15, -0.1) is 6.58 Å². The fourth-order valence-corrected chi connectivity index (χ4v) is 8.25. The molecule has 3 nitrogen and oxygen atoms in total. The Morgan fingerprint density at radius 1 is 1.00 bits per heavy atom. The Hall–Kier alpha value is -1.72.